The molecule has 112 valence electrons. The lowest BCUT2D eigenvalue weighted by Crippen LogP contribution is -2.41. The third-order valence-electron chi connectivity index (χ3n) is 3.75. The van der Waals surface area contributed by atoms with Gasteiger partial charge in [-0.2, -0.15) is 0 Å². The maximum atomic E-state index is 12.8. The highest BCUT2D eigenvalue weighted by atomic mass is 16.5. The van der Waals surface area contributed by atoms with Crippen LogP contribution >= 0.6 is 0 Å². The predicted octanol–water partition coefficient (Wildman–Crippen LogP) is 1.20. The van der Waals surface area contributed by atoms with Gasteiger partial charge in [0.1, 0.15) is 11.3 Å². The molecule has 1 N–H and O–H groups in total. The van der Waals surface area contributed by atoms with Crippen molar-refractivity contribution in [3.8, 4) is 11.5 Å². The number of hydrogen-bond acceptors (Lipinski definition) is 4. The molecular weight excluding hydrogens is 282 g/mol. The molecule has 1 saturated heterocycles. The van der Waals surface area contributed by atoms with Gasteiger partial charge in [0.2, 0.25) is 0 Å². The summed E-state index contributed by atoms with van der Waals surface area (Å²) < 4.78 is 7.19. The van der Waals surface area contributed by atoms with Gasteiger partial charge < -0.3 is 14.6 Å². The van der Waals surface area contributed by atoms with Gasteiger partial charge in [-0.05, 0) is 12.1 Å². The normalized spacial score (nSPS) is 15.4. The molecule has 4 rings (SSSR count). The Labute approximate surface area is 126 Å². The number of rotatable bonds is 2. The SMILES string of the molecule is O=C(c1nc2ccccn2c1-c1ncc[nH]1)N1CCOCC1. The lowest BCUT2D eigenvalue weighted by molar-refractivity contribution is 0.0300. The number of morpholine rings is 1. The second kappa shape index (κ2) is 5.27. The van der Waals surface area contributed by atoms with Crippen molar-refractivity contribution >= 4 is 11.6 Å². The predicted molar refractivity (Wildman–Crippen MR) is 79.5 cm³/mol. The third kappa shape index (κ3) is 2.06. The summed E-state index contributed by atoms with van der Waals surface area (Å²) in [4.78, 5) is 26.5. The van der Waals surface area contributed by atoms with Crippen molar-refractivity contribution < 1.29 is 9.53 Å². The molecule has 0 saturated carbocycles. The van der Waals surface area contributed by atoms with Crippen molar-refractivity contribution in [1.82, 2.24) is 24.3 Å². The van der Waals surface area contributed by atoms with Gasteiger partial charge in [0.25, 0.3) is 5.91 Å². The quantitative estimate of drug-likeness (QED) is 0.771. The Morgan fingerprint density at radius 1 is 1.27 bits per heavy atom. The Morgan fingerprint density at radius 3 is 2.91 bits per heavy atom. The largest absolute Gasteiger partial charge is 0.378 e. The Morgan fingerprint density at radius 2 is 2.14 bits per heavy atom. The fraction of sp³-hybridized carbons (Fsp3) is 0.267. The first-order valence-electron chi connectivity index (χ1n) is 7.18. The Kier molecular flexibility index (Phi) is 3.12. The molecule has 0 radical (unpaired) electrons. The number of imidazole rings is 2. The summed E-state index contributed by atoms with van der Waals surface area (Å²) in [5.41, 5.74) is 1.84. The van der Waals surface area contributed by atoms with Crippen LogP contribution in [0.5, 0.6) is 0 Å². The zero-order chi connectivity index (χ0) is 14.9. The molecule has 1 aliphatic heterocycles. The molecule has 22 heavy (non-hydrogen) atoms. The fourth-order valence-corrected chi connectivity index (χ4v) is 2.68. The summed E-state index contributed by atoms with van der Waals surface area (Å²) in [6.07, 6.45) is 5.29. The summed E-state index contributed by atoms with van der Waals surface area (Å²) in [6, 6.07) is 5.68. The van der Waals surface area contributed by atoms with Crippen LogP contribution in [0, 0.1) is 0 Å². The van der Waals surface area contributed by atoms with Crippen molar-refractivity contribution in [1.29, 1.82) is 0 Å². The monoisotopic (exact) mass is 297 g/mol. The molecule has 7 nitrogen and oxygen atoms in total. The second-order valence-corrected chi connectivity index (χ2v) is 5.08. The number of nitrogens with one attached hydrogen (secondary N) is 1. The van der Waals surface area contributed by atoms with Crippen molar-refractivity contribution in [2.75, 3.05) is 26.3 Å². The van der Waals surface area contributed by atoms with E-state index in [0.29, 0.717) is 43.5 Å². The molecular formula is C15H15N5O2. The van der Waals surface area contributed by atoms with Gasteiger partial charge in [0, 0.05) is 31.7 Å². The van der Waals surface area contributed by atoms with Crippen LogP contribution in [-0.2, 0) is 4.74 Å². The molecule has 3 aromatic heterocycles. The van der Waals surface area contributed by atoms with E-state index < -0.39 is 0 Å². The molecule has 3 aromatic rings. The summed E-state index contributed by atoms with van der Waals surface area (Å²) in [5, 5.41) is 0. The van der Waals surface area contributed by atoms with Crippen LogP contribution in [0.3, 0.4) is 0 Å². The Hall–Kier alpha value is -2.67. The van der Waals surface area contributed by atoms with E-state index in [1.165, 1.54) is 0 Å². The minimum absolute atomic E-state index is 0.0848. The van der Waals surface area contributed by atoms with E-state index in [1.807, 2.05) is 28.8 Å². The van der Waals surface area contributed by atoms with E-state index >= 15 is 0 Å². The first-order chi connectivity index (χ1) is 10.8. The molecule has 0 spiro atoms. The fourth-order valence-electron chi connectivity index (χ4n) is 2.68. The number of hydrogen-bond donors (Lipinski definition) is 1. The number of nitrogens with zero attached hydrogens (tertiary/aromatic N) is 4. The summed E-state index contributed by atoms with van der Waals surface area (Å²) in [5.74, 6) is 0.550. The van der Waals surface area contributed by atoms with Gasteiger partial charge in [-0.1, -0.05) is 6.07 Å². The van der Waals surface area contributed by atoms with Crippen LogP contribution < -0.4 is 0 Å². The molecule has 0 aliphatic carbocycles. The van der Waals surface area contributed by atoms with Gasteiger partial charge in [0.15, 0.2) is 11.5 Å². The first kappa shape index (κ1) is 13.0. The van der Waals surface area contributed by atoms with Gasteiger partial charge in [-0.3, -0.25) is 9.20 Å². The molecule has 0 aromatic carbocycles. The van der Waals surface area contributed by atoms with E-state index in [0.717, 1.165) is 5.65 Å². The maximum Gasteiger partial charge on any atom is 0.275 e. The van der Waals surface area contributed by atoms with Gasteiger partial charge in [-0.25, -0.2) is 9.97 Å². The van der Waals surface area contributed by atoms with Crippen LogP contribution in [0.25, 0.3) is 17.2 Å². The Balaban J connectivity index is 1.86. The van der Waals surface area contributed by atoms with E-state index in [-0.39, 0.29) is 5.91 Å². The molecule has 0 bridgehead atoms. The molecule has 7 heteroatoms. The van der Waals surface area contributed by atoms with Crippen molar-refractivity contribution in [2.45, 2.75) is 0 Å². The highest BCUT2D eigenvalue weighted by Crippen LogP contribution is 2.23. The van der Waals surface area contributed by atoms with Crippen LogP contribution in [-0.4, -0.2) is 56.5 Å². The van der Waals surface area contributed by atoms with Gasteiger partial charge >= 0.3 is 0 Å². The maximum absolute atomic E-state index is 12.8. The Bertz CT molecular complexity index is 803. The highest BCUT2D eigenvalue weighted by molar-refractivity contribution is 5.98. The van der Waals surface area contributed by atoms with Crippen LogP contribution in [0.4, 0.5) is 0 Å². The molecule has 1 amide bonds. The minimum atomic E-state index is -0.0848. The number of aromatic amines is 1. The van der Waals surface area contributed by atoms with E-state index in [9.17, 15) is 4.79 Å². The molecule has 1 aliphatic rings. The average Bonchev–Trinajstić information content (AvgIpc) is 3.21. The smallest absolute Gasteiger partial charge is 0.275 e. The van der Waals surface area contributed by atoms with E-state index in [1.54, 1.807) is 17.3 Å². The van der Waals surface area contributed by atoms with E-state index in [4.69, 9.17) is 4.74 Å². The van der Waals surface area contributed by atoms with Crippen molar-refractivity contribution in [3.05, 3.63) is 42.5 Å². The number of amides is 1. The zero-order valence-corrected chi connectivity index (χ0v) is 11.9. The summed E-state index contributed by atoms with van der Waals surface area (Å²) in [7, 11) is 0. The minimum Gasteiger partial charge on any atom is -0.378 e. The molecule has 1 fully saturated rings. The lowest BCUT2D eigenvalue weighted by Gasteiger charge is -2.26. The van der Waals surface area contributed by atoms with Crippen LogP contribution in [0.15, 0.2) is 36.8 Å². The summed E-state index contributed by atoms with van der Waals surface area (Å²) >= 11 is 0. The number of carbonyl (C=O) groups is 1. The summed E-state index contributed by atoms with van der Waals surface area (Å²) in [6.45, 7) is 2.30. The lowest BCUT2D eigenvalue weighted by atomic mass is 10.2. The highest BCUT2D eigenvalue weighted by Gasteiger charge is 2.26. The topological polar surface area (TPSA) is 75.5 Å². The average molecular weight is 297 g/mol. The molecule has 4 heterocycles. The standard InChI is InChI=1S/C15H15N5O2/c21-15(19-7-9-22-10-8-19)12-13(14-16-4-5-17-14)20-6-2-1-3-11(20)18-12/h1-6H,7-10H2,(H,16,17). The molecule has 0 unspecified atom stereocenters. The van der Waals surface area contributed by atoms with Crippen molar-refractivity contribution in [2.24, 2.45) is 0 Å². The number of H-pyrrole nitrogens is 1. The number of aromatic nitrogens is 4. The third-order valence-corrected chi connectivity index (χ3v) is 3.75. The zero-order valence-electron chi connectivity index (χ0n) is 11.9. The number of carbonyl (C=O) groups excluding carboxylic acids is 1. The second-order valence-electron chi connectivity index (χ2n) is 5.08. The number of pyridine rings is 1. The van der Waals surface area contributed by atoms with E-state index in [2.05, 4.69) is 15.0 Å². The van der Waals surface area contributed by atoms with Crippen molar-refractivity contribution in [3.63, 3.8) is 0 Å². The van der Waals surface area contributed by atoms with Gasteiger partial charge in [-0.15, -0.1) is 0 Å². The molecule has 0 atom stereocenters. The first-order valence-corrected chi connectivity index (χ1v) is 7.18. The van der Waals surface area contributed by atoms with Crippen LogP contribution in [0.2, 0.25) is 0 Å². The van der Waals surface area contributed by atoms with Crippen LogP contribution in [0.1, 0.15) is 10.5 Å². The number of ether oxygens (including phenoxy) is 1. The van der Waals surface area contributed by atoms with Gasteiger partial charge in [0.05, 0.1) is 13.2 Å². The number of fused-ring (bicyclic) bond motifs is 1.